The van der Waals surface area contributed by atoms with Gasteiger partial charge < -0.3 is 18.3 Å². The van der Waals surface area contributed by atoms with Gasteiger partial charge in [-0.05, 0) is 183 Å². The maximum atomic E-state index is 7.00. The molecule has 6 nitrogen and oxygen atoms in total. The van der Waals surface area contributed by atoms with E-state index < -0.39 is 0 Å². The van der Waals surface area contributed by atoms with Gasteiger partial charge in [0.15, 0.2) is 0 Å². The standard InChI is InChI=1S/C86H76N4O2.Pt/c1-82(2,3)55-36-39-87-79(46-55)90-74-30-18-16-26-64(74)65-34-33-60(48-75(65)90)91-59-23-20-22-58(47-59)88-51-89-80-61(54-40-56(83(4,5)6)45-57(41-54)84(7,8)9)28-21-29-67(80)69-50-73-72(85(10,11)37-38-86(73,12)13)49-68(69)62-24-14-15-25-63(62)71-43-53(44-76(88)81(71)89)52-32-35-78-70(42-52)66-27-17-19-31-77(66)92-78;/h14-36,39-46,49-50H,37-38H2,1-13H3;/q-2;. The van der Waals surface area contributed by atoms with Crippen molar-refractivity contribution in [1.29, 1.82) is 0 Å². The largest absolute Gasteiger partial charge is 0.510 e. The predicted molar refractivity (Wildman–Crippen MR) is 379 cm³/mol. The number of aromatic nitrogens is 4. The topological polar surface area (TPSA) is 49.0 Å². The molecule has 0 unspecified atom stereocenters. The summed E-state index contributed by atoms with van der Waals surface area (Å²) in [5, 5.41) is 4.37. The Balaban J connectivity index is 0.00000716. The first-order valence-electron chi connectivity index (χ1n) is 32.6. The van der Waals surface area contributed by atoms with E-state index in [0.717, 1.165) is 118 Å². The molecule has 7 heteroatoms. The summed E-state index contributed by atoms with van der Waals surface area (Å²) in [6.45, 7) is 30.5. The van der Waals surface area contributed by atoms with Crippen LogP contribution in [0, 0.1) is 18.5 Å². The number of hydrogen-bond acceptors (Lipinski definition) is 3. The van der Waals surface area contributed by atoms with Crippen molar-refractivity contribution in [2.24, 2.45) is 0 Å². The second-order valence-electron chi connectivity index (χ2n) is 30.3. The zero-order valence-electron chi connectivity index (χ0n) is 55.4. The number of fused-ring (bicyclic) bond motifs is 14. The van der Waals surface area contributed by atoms with Crippen LogP contribution in [0.25, 0.3) is 128 Å². The van der Waals surface area contributed by atoms with E-state index in [-0.39, 0.29) is 48.1 Å². The Kier molecular flexibility index (Phi) is 13.9. The van der Waals surface area contributed by atoms with Gasteiger partial charge in [0.05, 0.1) is 16.7 Å². The number of furan rings is 1. The molecule has 0 spiro atoms. The number of ether oxygens (including phenoxy) is 1. The monoisotopic (exact) mass is 1390 g/mol. The Morgan fingerprint density at radius 1 is 0.462 bits per heavy atom. The summed E-state index contributed by atoms with van der Waals surface area (Å²) in [6.07, 6.45) is 8.29. The van der Waals surface area contributed by atoms with Crippen LogP contribution in [0.5, 0.6) is 11.5 Å². The quantitative estimate of drug-likeness (QED) is 0.123. The van der Waals surface area contributed by atoms with E-state index in [4.69, 9.17) is 14.1 Å². The molecule has 0 fully saturated rings. The van der Waals surface area contributed by atoms with Crippen LogP contribution >= 0.6 is 0 Å². The Bertz CT molecular complexity index is 5360. The zero-order valence-corrected chi connectivity index (χ0v) is 57.7. The fraction of sp³-hybridized carbons (Fsp3) is 0.233. The maximum absolute atomic E-state index is 7.00. The van der Waals surface area contributed by atoms with Gasteiger partial charge in [0.1, 0.15) is 17.0 Å². The van der Waals surface area contributed by atoms with Crippen LogP contribution in [0.2, 0.25) is 0 Å². The summed E-state index contributed by atoms with van der Waals surface area (Å²) < 4.78 is 20.3. The van der Waals surface area contributed by atoms with Gasteiger partial charge in [-0.2, -0.15) is 18.2 Å². The maximum Gasteiger partial charge on any atom is 0.268 e. The average Bonchev–Trinajstić information content (AvgIpc) is 1.64. The molecule has 0 atom stereocenters. The number of nitrogens with zero attached hydrogens (tertiary/aromatic N) is 4. The predicted octanol–water partition coefficient (Wildman–Crippen LogP) is 22.4. The van der Waals surface area contributed by atoms with Crippen LogP contribution in [0.15, 0.2) is 205 Å². The molecular formula is C86H76N4O2Pt-2. The molecule has 10 aromatic carbocycles. The summed E-state index contributed by atoms with van der Waals surface area (Å²) in [7, 11) is 0. The molecule has 0 saturated heterocycles. The molecule has 93 heavy (non-hydrogen) atoms. The fourth-order valence-electron chi connectivity index (χ4n) is 14.7. The van der Waals surface area contributed by atoms with Gasteiger partial charge in [-0.3, -0.25) is 4.57 Å². The minimum absolute atomic E-state index is 0. The Hall–Kier alpha value is -9.09. The normalized spacial score (nSPS) is 14.3. The first kappa shape index (κ1) is 60.2. The van der Waals surface area contributed by atoms with Gasteiger partial charge in [-0.1, -0.05) is 211 Å². The Morgan fingerprint density at radius 2 is 1.08 bits per heavy atom. The number of pyridine rings is 1. The molecular weight excluding hydrogens is 1320 g/mol. The SMILES string of the molecule is CC(C)(C)c1cc(-c2cccc3c2-[n+]2[c-]n(-c4[c-]c(Oc5[c-]c6c(cc5)c5ccccc5n6-c5cc(C(C)(C)C)ccn5)ccc4)c4cc(-c5ccc6oc7ccccc7c6c5)cc(c42)-c2ccccc2-c2cc4c(cc2-3)C(C)(C)CCC4(C)C)cc(C(C)(C)C)c1.[Pt]. The third-order valence-electron chi connectivity index (χ3n) is 20.1. The van der Waals surface area contributed by atoms with E-state index >= 15 is 0 Å². The second-order valence-corrected chi connectivity index (χ2v) is 30.3. The van der Waals surface area contributed by atoms with Crippen molar-refractivity contribution in [1.82, 2.24) is 14.1 Å². The molecule has 464 valence electrons. The summed E-state index contributed by atoms with van der Waals surface area (Å²) >= 11 is 0. The van der Waals surface area contributed by atoms with Crippen LogP contribution in [-0.2, 0) is 48.1 Å². The van der Waals surface area contributed by atoms with Crippen LogP contribution in [0.4, 0.5) is 0 Å². The third kappa shape index (κ3) is 10.0. The van der Waals surface area contributed by atoms with Gasteiger partial charge in [0, 0.05) is 55.1 Å². The van der Waals surface area contributed by atoms with Crippen LogP contribution in [-0.4, -0.2) is 14.1 Å². The van der Waals surface area contributed by atoms with Crippen molar-refractivity contribution < 1.29 is 34.8 Å². The van der Waals surface area contributed by atoms with Crippen molar-refractivity contribution in [3.05, 3.63) is 247 Å². The number of hydrogen-bond donors (Lipinski definition) is 0. The van der Waals surface area contributed by atoms with Gasteiger partial charge in [0.25, 0.3) is 6.33 Å². The molecule has 16 rings (SSSR count). The van der Waals surface area contributed by atoms with E-state index in [1.807, 2.05) is 24.4 Å². The van der Waals surface area contributed by atoms with Crippen LogP contribution < -0.4 is 9.30 Å². The molecule has 2 aliphatic rings. The molecule has 14 aromatic rings. The van der Waals surface area contributed by atoms with Gasteiger partial charge in [-0.15, -0.1) is 29.7 Å². The molecule has 0 amide bonds. The summed E-state index contributed by atoms with van der Waals surface area (Å²) in [4.78, 5) is 4.96. The van der Waals surface area contributed by atoms with Crippen molar-refractivity contribution in [2.45, 2.75) is 130 Å². The first-order chi connectivity index (χ1) is 43.9. The van der Waals surface area contributed by atoms with Crippen molar-refractivity contribution in [3.8, 4) is 84.3 Å². The Labute approximate surface area is 560 Å². The number of rotatable bonds is 6. The van der Waals surface area contributed by atoms with Crippen molar-refractivity contribution in [3.63, 3.8) is 0 Å². The summed E-state index contributed by atoms with van der Waals surface area (Å²) in [6, 6.07) is 79.1. The van der Waals surface area contributed by atoms with Crippen molar-refractivity contribution in [2.75, 3.05) is 0 Å². The average molecular weight is 1390 g/mol. The molecule has 1 aliphatic carbocycles. The van der Waals surface area contributed by atoms with E-state index in [2.05, 4.69) is 298 Å². The first-order valence-corrected chi connectivity index (χ1v) is 32.6. The van der Waals surface area contributed by atoms with E-state index in [1.165, 1.54) is 50.1 Å². The van der Waals surface area contributed by atoms with E-state index in [1.54, 1.807) is 0 Å². The third-order valence-corrected chi connectivity index (χ3v) is 20.1. The van der Waals surface area contributed by atoms with Gasteiger partial charge >= 0.3 is 0 Å². The zero-order chi connectivity index (χ0) is 63.5. The molecule has 4 aromatic heterocycles. The second kappa shape index (κ2) is 21.5. The molecule has 0 saturated carbocycles. The smallest absolute Gasteiger partial charge is 0.268 e. The number of benzene rings is 10. The van der Waals surface area contributed by atoms with E-state index in [9.17, 15) is 0 Å². The van der Waals surface area contributed by atoms with Crippen molar-refractivity contribution >= 4 is 54.8 Å². The van der Waals surface area contributed by atoms with Crippen LogP contribution in [0.3, 0.4) is 0 Å². The number of imidazole rings is 1. The van der Waals surface area contributed by atoms with E-state index in [0.29, 0.717) is 11.5 Å². The molecule has 1 aliphatic heterocycles. The fourth-order valence-corrected chi connectivity index (χ4v) is 14.7. The minimum atomic E-state index is -0.118. The van der Waals surface area contributed by atoms with Crippen LogP contribution in [0.1, 0.15) is 131 Å². The molecule has 5 heterocycles. The van der Waals surface area contributed by atoms with Gasteiger partial charge in [0.2, 0.25) is 0 Å². The molecule has 0 bridgehead atoms. The molecule has 0 N–H and O–H groups in total. The molecule has 0 radical (unpaired) electrons. The number of para-hydroxylation sites is 3. The minimum Gasteiger partial charge on any atom is -0.510 e. The summed E-state index contributed by atoms with van der Waals surface area (Å²) in [5.41, 5.74) is 25.2. The van der Waals surface area contributed by atoms with Gasteiger partial charge in [-0.25, -0.2) is 4.98 Å². The summed E-state index contributed by atoms with van der Waals surface area (Å²) in [5.74, 6) is 1.96. The Morgan fingerprint density at radius 3 is 1.80 bits per heavy atom.